The summed E-state index contributed by atoms with van der Waals surface area (Å²) in [7, 11) is 0. The molecule has 0 aliphatic heterocycles. The van der Waals surface area contributed by atoms with Gasteiger partial charge in [0.1, 0.15) is 5.82 Å². The third-order valence-electron chi connectivity index (χ3n) is 2.09. The van der Waals surface area contributed by atoms with Gasteiger partial charge in [0.2, 0.25) is 0 Å². The molecule has 0 aliphatic rings. The maximum Gasteiger partial charge on any atom is 0.176 e. The number of aryl methyl sites for hydroxylation is 1. The Morgan fingerprint density at radius 3 is 2.80 bits per heavy atom. The van der Waals surface area contributed by atoms with Crippen molar-refractivity contribution in [1.82, 2.24) is 0 Å². The highest BCUT2D eigenvalue weighted by Gasteiger charge is 2.16. The summed E-state index contributed by atoms with van der Waals surface area (Å²) in [5, 5.41) is 0. The van der Waals surface area contributed by atoms with Gasteiger partial charge in [0.25, 0.3) is 0 Å². The van der Waals surface area contributed by atoms with Gasteiger partial charge in [-0.2, -0.15) is 0 Å². The van der Waals surface area contributed by atoms with Crippen LogP contribution in [0.4, 0.5) is 4.39 Å². The zero-order valence-corrected chi connectivity index (χ0v) is 10.6. The number of carbonyl (C=O) groups is 1. The maximum absolute atomic E-state index is 13.0. The third kappa shape index (κ3) is 3.28. The lowest BCUT2D eigenvalue weighted by atomic mass is 10.0. The van der Waals surface area contributed by atoms with Crippen molar-refractivity contribution in [2.45, 2.75) is 18.2 Å². The standard InChI is InChI=1S/C11H11BrClFO/c1-7-6-8(2-3-10(7)14)11(15)9(12)4-5-13/h2-3,6,9H,4-5H2,1H3. The van der Waals surface area contributed by atoms with Crippen LogP contribution in [0.2, 0.25) is 0 Å². The zero-order valence-electron chi connectivity index (χ0n) is 8.27. The van der Waals surface area contributed by atoms with E-state index in [0.29, 0.717) is 23.4 Å². The van der Waals surface area contributed by atoms with E-state index in [0.717, 1.165) is 0 Å². The smallest absolute Gasteiger partial charge is 0.176 e. The number of halogens is 3. The van der Waals surface area contributed by atoms with Crippen molar-refractivity contribution >= 4 is 33.3 Å². The number of hydrogen-bond acceptors (Lipinski definition) is 1. The van der Waals surface area contributed by atoms with Gasteiger partial charge in [0.05, 0.1) is 4.83 Å². The van der Waals surface area contributed by atoms with Crippen molar-refractivity contribution in [2.75, 3.05) is 5.88 Å². The van der Waals surface area contributed by atoms with E-state index in [1.807, 2.05) is 0 Å². The van der Waals surface area contributed by atoms with E-state index in [1.165, 1.54) is 12.1 Å². The van der Waals surface area contributed by atoms with Crippen LogP contribution in [-0.2, 0) is 0 Å². The van der Waals surface area contributed by atoms with Gasteiger partial charge in [-0.15, -0.1) is 11.6 Å². The van der Waals surface area contributed by atoms with Crippen molar-refractivity contribution in [3.8, 4) is 0 Å². The number of ketones is 1. The Labute approximate surface area is 102 Å². The van der Waals surface area contributed by atoms with E-state index >= 15 is 0 Å². The van der Waals surface area contributed by atoms with Crippen molar-refractivity contribution in [1.29, 1.82) is 0 Å². The first-order chi connectivity index (χ1) is 7.06. The zero-order chi connectivity index (χ0) is 11.4. The molecule has 4 heteroatoms. The first-order valence-electron chi connectivity index (χ1n) is 4.56. The molecule has 15 heavy (non-hydrogen) atoms. The largest absolute Gasteiger partial charge is 0.293 e. The summed E-state index contributed by atoms with van der Waals surface area (Å²) < 4.78 is 13.0. The van der Waals surface area contributed by atoms with Gasteiger partial charge in [0, 0.05) is 11.4 Å². The number of hydrogen-bond donors (Lipinski definition) is 0. The van der Waals surface area contributed by atoms with Crippen molar-refractivity contribution in [3.63, 3.8) is 0 Å². The highest BCUT2D eigenvalue weighted by Crippen LogP contribution is 2.16. The Hall–Kier alpha value is -0.410. The summed E-state index contributed by atoms with van der Waals surface area (Å²) in [5.41, 5.74) is 0.993. The Morgan fingerprint density at radius 2 is 2.27 bits per heavy atom. The molecule has 0 fully saturated rings. The predicted molar refractivity (Wildman–Crippen MR) is 63.5 cm³/mol. The molecule has 0 heterocycles. The highest BCUT2D eigenvalue weighted by atomic mass is 79.9. The Morgan fingerprint density at radius 1 is 1.60 bits per heavy atom. The molecule has 0 saturated carbocycles. The van der Waals surface area contributed by atoms with E-state index in [1.54, 1.807) is 13.0 Å². The topological polar surface area (TPSA) is 17.1 Å². The highest BCUT2D eigenvalue weighted by molar-refractivity contribution is 9.10. The third-order valence-corrected chi connectivity index (χ3v) is 3.18. The van der Waals surface area contributed by atoms with Crippen LogP contribution in [0, 0.1) is 12.7 Å². The lowest BCUT2D eigenvalue weighted by Crippen LogP contribution is -2.15. The summed E-state index contributed by atoms with van der Waals surface area (Å²) in [6.07, 6.45) is 0.566. The van der Waals surface area contributed by atoms with Crippen LogP contribution in [0.1, 0.15) is 22.3 Å². The van der Waals surface area contributed by atoms with Gasteiger partial charge >= 0.3 is 0 Å². The number of Topliss-reactive ketones (excluding diaryl/α,β-unsaturated/α-hetero) is 1. The lowest BCUT2D eigenvalue weighted by molar-refractivity contribution is 0.0990. The molecule has 0 spiro atoms. The van der Waals surface area contributed by atoms with Crippen LogP contribution < -0.4 is 0 Å². The fraction of sp³-hybridized carbons (Fsp3) is 0.364. The van der Waals surface area contributed by atoms with Crippen LogP contribution in [-0.4, -0.2) is 16.5 Å². The monoisotopic (exact) mass is 292 g/mol. The van der Waals surface area contributed by atoms with Crippen molar-refractivity contribution in [2.24, 2.45) is 0 Å². The average molecular weight is 294 g/mol. The first-order valence-corrected chi connectivity index (χ1v) is 6.01. The van der Waals surface area contributed by atoms with Crippen LogP contribution in [0.25, 0.3) is 0 Å². The molecule has 0 saturated heterocycles. The van der Waals surface area contributed by atoms with Gasteiger partial charge in [-0.25, -0.2) is 4.39 Å². The van der Waals surface area contributed by atoms with Gasteiger partial charge in [-0.3, -0.25) is 4.79 Å². The summed E-state index contributed by atoms with van der Waals surface area (Å²) in [6.45, 7) is 1.64. The molecule has 1 unspecified atom stereocenters. The molecule has 1 aromatic carbocycles. The van der Waals surface area contributed by atoms with E-state index in [-0.39, 0.29) is 16.4 Å². The summed E-state index contributed by atoms with van der Waals surface area (Å²) >= 11 is 8.80. The number of rotatable bonds is 4. The normalized spacial score (nSPS) is 12.5. The molecule has 1 atom stereocenters. The van der Waals surface area contributed by atoms with Gasteiger partial charge < -0.3 is 0 Å². The van der Waals surface area contributed by atoms with E-state index in [4.69, 9.17) is 11.6 Å². The molecular weight excluding hydrogens is 282 g/mol. The van der Waals surface area contributed by atoms with Crippen LogP contribution in [0.3, 0.4) is 0 Å². The molecule has 0 bridgehead atoms. The average Bonchev–Trinajstić information content (AvgIpc) is 2.21. The van der Waals surface area contributed by atoms with Gasteiger partial charge in [0.15, 0.2) is 5.78 Å². The molecule has 82 valence electrons. The van der Waals surface area contributed by atoms with Gasteiger partial charge in [-0.1, -0.05) is 15.9 Å². The van der Waals surface area contributed by atoms with Crippen molar-refractivity contribution < 1.29 is 9.18 Å². The molecule has 0 amide bonds. The summed E-state index contributed by atoms with van der Waals surface area (Å²) in [5.74, 6) is 0.0655. The van der Waals surface area contributed by atoms with E-state index < -0.39 is 0 Å². The first kappa shape index (κ1) is 12.7. The second-order valence-corrected chi connectivity index (χ2v) is 4.76. The molecule has 1 nitrogen and oxygen atoms in total. The number of alkyl halides is 2. The van der Waals surface area contributed by atoms with Crippen LogP contribution in [0.5, 0.6) is 0 Å². The SMILES string of the molecule is Cc1cc(C(=O)C(Br)CCCl)ccc1F. The molecule has 0 aromatic heterocycles. The fourth-order valence-electron chi connectivity index (χ4n) is 1.21. The minimum Gasteiger partial charge on any atom is -0.293 e. The molecule has 1 rings (SSSR count). The number of carbonyl (C=O) groups excluding carboxylic acids is 1. The summed E-state index contributed by atoms with van der Waals surface area (Å²) in [4.78, 5) is 11.5. The maximum atomic E-state index is 13.0. The quantitative estimate of drug-likeness (QED) is 0.611. The Bertz CT molecular complexity index is 368. The van der Waals surface area contributed by atoms with E-state index in [9.17, 15) is 9.18 Å². The summed E-state index contributed by atoms with van der Waals surface area (Å²) in [6, 6.07) is 4.36. The molecule has 1 aromatic rings. The molecular formula is C11H11BrClFO. The van der Waals surface area contributed by atoms with E-state index in [2.05, 4.69) is 15.9 Å². The minimum atomic E-state index is -0.296. The Balaban J connectivity index is 2.87. The molecule has 0 aliphatic carbocycles. The lowest BCUT2D eigenvalue weighted by Gasteiger charge is -2.07. The second-order valence-electron chi connectivity index (χ2n) is 3.27. The van der Waals surface area contributed by atoms with Gasteiger partial charge in [-0.05, 0) is 37.1 Å². The Kier molecular flexibility index (Phi) is 4.74. The predicted octanol–water partition coefficient (Wildman–Crippen LogP) is 3.71. The van der Waals surface area contributed by atoms with Crippen molar-refractivity contribution in [3.05, 3.63) is 35.1 Å². The van der Waals surface area contributed by atoms with Crippen LogP contribution >= 0.6 is 27.5 Å². The molecule has 0 radical (unpaired) electrons. The fourth-order valence-corrected chi connectivity index (χ4v) is 2.18. The molecule has 0 N–H and O–H groups in total. The minimum absolute atomic E-state index is 0.0567. The second kappa shape index (κ2) is 5.61. The van der Waals surface area contributed by atoms with Crippen LogP contribution in [0.15, 0.2) is 18.2 Å². The number of benzene rings is 1.